The molecule has 0 spiro atoms. The first-order chi connectivity index (χ1) is 15.8. The lowest BCUT2D eigenvalue weighted by atomic mass is 9.73. The first-order valence-corrected chi connectivity index (χ1v) is 12.1. The largest absolute Gasteiger partial charge is 0.323 e. The predicted molar refractivity (Wildman–Crippen MR) is 125 cm³/mol. The van der Waals surface area contributed by atoms with Crippen molar-refractivity contribution in [3.63, 3.8) is 0 Å². The van der Waals surface area contributed by atoms with Crippen LogP contribution in [0.1, 0.15) is 62.0 Å². The van der Waals surface area contributed by atoms with Gasteiger partial charge < -0.3 is 5.32 Å². The monoisotopic (exact) mass is 434 g/mol. The maximum Gasteiger partial charge on any atom is 0.243 e. The molecule has 0 radical (unpaired) electrons. The SMILES string of the molecule is O=C(Nc1cccnc1)C1NNC2CCC(c3cncc(CN4CCCCCC4)c3)CC21. The summed E-state index contributed by atoms with van der Waals surface area (Å²) in [6.45, 7) is 3.39. The first-order valence-electron chi connectivity index (χ1n) is 12.1. The number of amides is 1. The number of hydrazine groups is 1. The molecule has 2 aromatic rings. The van der Waals surface area contributed by atoms with Gasteiger partial charge in [-0.05, 0) is 74.4 Å². The van der Waals surface area contributed by atoms with Gasteiger partial charge in [-0.15, -0.1) is 0 Å². The number of fused-ring (bicyclic) bond motifs is 1. The number of nitrogens with one attached hydrogen (secondary N) is 3. The van der Waals surface area contributed by atoms with Gasteiger partial charge in [0.1, 0.15) is 6.04 Å². The van der Waals surface area contributed by atoms with Gasteiger partial charge in [0, 0.05) is 37.1 Å². The number of aromatic nitrogens is 2. The molecule has 4 heterocycles. The molecule has 2 saturated heterocycles. The van der Waals surface area contributed by atoms with Gasteiger partial charge in [-0.3, -0.25) is 25.1 Å². The lowest BCUT2D eigenvalue weighted by molar-refractivity contribution is -0.119. The van der Waals surface area contributed by atoms with Crippen LogP contribution in [0.25, 0.3) is 0 Å². The summed E-state index contributed by atoms with van der Waals surface area (Å²) < 4.78 is 0. The highest BCUT2D eigenvalue weighted by atomic mass is 16.2. The molecule has 7 heteroatoms. The Morgan fingerprint density at radius 3 is 2.75 bits per heavy atom. The third-order valence-electron chi connectivity index (χ3n) is 7.36. The number of carbonyl (C=O) groups is 1. The van der Waals surface area contributed by atoms with E-state index in [0.29, 0.717) is 12.0 Å². The number of hydrogen-bond acceptors (Lipinski definition) is 6. The second-order valence-electron chi connectivity index (χ2n) is 9.59. The molecule has 0 aromatic carbocycles. The Morgan fingerprint density at radius 1 is 1.06 bits per heavy atom. The molecule has 3 fully saturated rings. The van der Waals surface area contributed by atoms with Crippen molar-refractivity contribution in [1.82, 2.24) is 25.7 Å². The number of anilines is 1. The summed E-state index contributed by atoms with van der Waals surface area (Å²) in [5.41, 5.74) is 10.0. The fraction of sp³-hybridized carbons (Fsp3) is 0.560. The van der Waals surface area contributed by atoms with Gasteiger partial charge in [0.05, 0.1) is 11.9 Å². The van der Waals surface area contributed by atoms with Crippen LogP contribution in [-0.2, 0) is 11.3 Å². The Hall–Kier alpha value is -2.35. The minimum atomic E-state index is -0.240. The van der Waals surface area contributed by atoms with E-state index in [0.717, 1.165) is 31.5 Å². The molecule has 5 rings (SSSR count). The standard InChI is InChI=1S/C25H34N6O/c32-25(28-21-6-5-9-26-16-21)24-22-13-19(7-8-23(22)29-30-24)20-12-18(14-27-15-20)17-31-10-3-1-2-4-11-31/h5-6,9,12,14-16,19,22-24,29-30H,1-4,7-8,10-11,13,17H2,(H,28,32). The third-order valence-corrected chi connectivity index (χ3v) is 7.36. The highest BCUT2D eigenvalue weighted by Gasteiger charge is 2.43. The molecule has 2 aliphatic heterocycles. The highest BCUT2D eigenvalue weighted by molar-refractivity contribution is 5.95. The van der Waals surface area contributed by atoms with Crippen LogP contribution in [0.2, 0.25) is 0 Å². The summed E-state index contributed by atoms with van der Waals surface area (Å²) in [5.74, 6) is 0.717. The van der Waals surface area contributed by atoms with Crippen LogP contribution >= 0.6 is 0 Å². The molecule has 4 unspecified atom stereocenters. The van der Waals surface area contributed by atoms with Crippen LogP contribution in [0.15, 0.2) is 43.0 Å². The van der Waals surface area contributed by atoms with Gasteiger partial charge in [-0.25, -0.2) is 5.43 Å². The Kier molecular flexibility index (Phi) is 6.76. The summed E-state index contributed by atoms with van der Waals surface area (Å²) in [4.78, 5) is 24.2. The van der Waals surface area contributed by atoms with Gasteiger partial charge in [0.15, 0.2) is 0 Å². The van der Waals surface area contributed by atoms with E-state index >= 15 is 0 Å². The fourth-order valence-corrected chi connectivity index (χ4v) is 5.65. The third kappa shape index (κ3) is 5.00. The van der Waals surface area contributed by atoms with Crippen LogP contribution in [0, 0.1) is 5.92 Å². The highest BCUT2D eigenvalue weighted by Crippen LogP contribution is 2.39. The van der Waals surface area contributed by atoms with Crippen molar-refractivity contribution in [1.29, 1.82) is 0 Å². The average molecular weight is 435 g/mol. The van der Waals surface area contributed by atoms with Crippen LogP contribution in [0.4, 0.5) is 5.69 Å². The van der Waals surface area contributed by atoms with Crippen molar-refractivity contribution in [3.8, 4) is 0 Å². The Morgan fingerprint density at radius 2 is 1.94 bits per heavy atom. The molecule has 0 bridgehead atoms. The molecular weight excluding hydrogens is 400 g/mol. The lowest BCUT2D eigenvalue weighted by Gasteiger charge is -2.33. The number of nitrogens with zero attached hydrogens (tertiary/aromatic N) is 3. The number of likely N-dealkylation sites (tertiary alicyclic amines) is 1. The molecule has 2 aromatic heterocycles. The van der Waals surface area contributed by atoms with E-state index in [1.807, 2.05) is 24.5 Å². The van der Waals surface area contributed by atoms with Crippen LogP contribution in [0.3, 0.4) is 0 Å². The van der Waals surface area contributed by atoms with Gasteiger partial charge in [-0.1, -0.05) is 18.9 Å². The Labute approximate surface area is 190 Å². The summed E-state index contributed by atoms with van der Waals surface area (Å²) in [6, 6.07) is 6.17. The molecule has 1 saturated carbocycles. The van der Waals surface area contributed by atoms with E-state index < -0.39 is 0 Å². The van der Waals surface area contributed by atoms with Crippen molar-refractivity contribution < 1.29 is 4.79 Å². The fourth-order valence-electron chi connectivity index (χ4n) is 5.65. The maximum absolute atomic E-state index is 13.0. The van der Waals surface area contributed by atoms with Gasteiger partial charge in [0.25, 0.3) is 0 Å². The van der Waals surface area contributed by atoms with Crippen molar-refractivity contribution in [2.24, 2.45) is 5.92 Å². The lowest BCUT2D eigenvalue weighted by Crippen LogP contribution is -2.42. The average Bonchev–Trinajstić information content (AvgIpc) is 3.08. The van der Waals surface area contributed by atoms with Crippen molar-refractivity contribution in [2.45, 2.75) is 69.5 Å². The predicted octanol–water partition coefficient (Wildman–Crippen LogP) is 3.22. The normalized spacial score (nSPS) is 28.6. The zero-order chi connectivity index (χ0) is 21.8. The van der Waals surface area contributed by atoms with E-state index in [1.54, 1.807) is 12.4 Å². The molecule has 3 aliphatic rings. The Bertz CT molecular complexity index is 898. The minimum Gasteiger partial charge on any atom is -0.323 e. The molecule has 170 valence electrons. The van der Waals surface area contributed by atoms with Crippen molar-refractivity contribution in [2.75, 3.05) is 18.4 Å². The van der Waals surface area contributed by atoms with Crippen molar-refractivity contribution >= 4 is 11.6 Å². The molecule has 3 N–H and O–H groups in total. The van der Waals surface area contributed by atoms with E-state index in [2.05, 4.69) is 37.1 Å². The zero-order valence-corrected chi connectivity index (χ0v) is 18.7. The molecule has 4 atom stereocenters. The minimum absolute atomic E-state index is 0.00619. The van der Waals surface area contributed by atoms with Crippen molar-refractivity contribution in [3.05, 3.63) is 54.1 Å². The van der Waals surface area contributed by atoms with Crippen LogP contribution < -0.4 is 16.2 Å². The zero-order valence-electron chi connectivity index (χ0n) is 18.7. The molecule has 32 heavy (non-hydrogen) atoms. The smallest absolute Gasteiger partial charge is 0.243 e. The molecule has 7 nitrogen and oxygen atoms in total. The second-order valence-corrected chi connectivity index (χ2v) is 9.59. The summed E-state index contributed by atoms with van der Waals surface area (Å²) in [7, 11) is 0. The van der Waals surface area contributed by atoms with Gasteiger partial charge in [-0.2, -0.15) is 0 Å². The topological polar surface area (TPSA) is 82.2 Å². The first kappa shape index (κ1) is 21.5. The summed E-state index contributed by atoms with van der Waals surface area (Å²) in [6.07, 6.45) is 16.0. The van der Waals surface area contributed by atoms with Crippen LogP contribution in [0.5, 0.6) is 0 Å². The number of carbonyl (C=O) groups excluding carboxylic acids is 1. The Balaban J connectivity index is 1.24. The van der Waals surface area contributed by atoms with E-state index in [4.69, 9.17) is 0 Å². The number of hydrogen-bond donors (Lipinski definition) is 3. The summed E-state index contributed by atoms with van der Waals surface area (Å²) in [5, 5.41) is 3.01. The molecule has 1 amide bonds. The number of pyridine rings is 2. The quantitative estimate of drug-likeness (QED) is 0.670. The molecule has 1 aliphatic carbocycles. The van der Waals surface area contributed by atoms with Gasteiger partial charge >= 0.3 is 0 Å². The second kappa shape index (κ2) is 10.1. The van der Waals surface area contributed by atoms with Crippen LogP contribution in [-0.4, -0.2) is 45.9 Å². The van der Waals surface area contributed by atoms with E-state index in [-0.39, 0.29) is 17.9 Å². The molecular formula is C25H34N6O. The summed E-state index contributed by atoms with van der Waals surface area (Å²) >= 11 is 0. The number of rotatable bonds is 5. The van der Waals surface area contributed by atoms with E-state index in [9.17, 15) is 4.79 Å². The van der Waals surface area contributed by atoms with E-state index in [1.165, 1.54) is 49.9 Å². The maximum atomic E-state index is 13.0. The van der Waals surface area contributed by atoms with Gasteiger partial charge in [0.2, 0.25) is 5.91 Å².